The lowest BCUT2D eigenvalue weighted by Gasteiger charge is -1.96. The van der Waals surface area contributed by atoms with Crippen LogP contribution in [-0.2, 0) is 12.8 Å². The van der Waals surface area contributed by atoms with Gasteiger partial charge in [0.1, 0.15) is 5.52 Å². The Balaban J connectivity index is 1.63. The molecule has 4 rings (SSSR count). The number of thiazole rings is 1. The van der Waals surface area contributed by atoms with Gasteiger partial charge in [0.25, 0.3) is 0 Å². The topological polar surface area (TPSA) is 80.5 Å². The molecule has 110 valence electrons. The number of nitrogens with one attached hydrogen (secondary N) is 1. The van der Waals surface area contributed by atoms with Crippen molar-refractivity contribution in [2.45, 2.75) is 12.8 Å². The molecule has 0 saturated carbocycles. The quantitative estimate of drug-likeness (QED) is 0.563. The summed E-state index contributed by atoms with van der Waals surface area (Å²) in [6.45, 7) is 0. The Morgan fingerprint density at radius 2 is 2.00 bits per heavy atom. The summed E-state index contributed by atoms with van der Waals surface area (Å²) in [4.78, 5) is 16.7. The molecule has 0 fully saturated rings. The first-order valence-corrected chi connectivity index (χ1v) is 8.03. The lowest BCUT2D eigenvalue weighted by molar-refractivity contribution is 0.956. The summed E-state index contributed by atoms with van der Waals surface area (Å²) in [7, 11) is 0. The summed E-state index contributed by atoms with van der Waals surface area (Å²) >= 11 is 7.35. The summed E-state index contributed by atoms with van der Waals surface area (Å²) in [5, 5.41) is 2.41. The zero-order valence-corrected chi connectivity index (χ0v) is 13.1. The Labute approximate surface area is 135 Å². The Morgan fingerprint density at radius 3 is 2.91 bits per heavy atom. The molecule has 1 aromatic carbocycles. The maximum absolute atomic E-state index is 5.84. The first kappa shape index (κ1) is 13.5. The summed E-state index contributed by atoms with van der Waals surface area (Å²) in [6.07, 6.45) is 3.80. The maximum atomic E-state index is 5.84. The molecule has 3 aromatic heterocycles. The molecule has 4 aromatic rings. The number of halogens is 1. The van der Waals surface area contributed by atoms with Gasteiger partial charge >= 0.3 is 0 Å². The van der Waals surface area contributed by atoms with E-state index in [-0.39, 0.29) is 5.28 Å². The molecule has 0 aliphatic carbocycles. The second-order valence-electron chi connectivity index (χ2n) is 5.00. The summed E-state index contributed by atoms with van der Waals surface area (Å²) < 4.78 is 0. The molecule has 0 spiro atoms. The molecule has 0 aliphatic rings. The Bertz CT molecular complexity index is 975. The molecule has 0 radical (unpaired) electrons. The third-order valence-corrected chi connectivity index (χ3v) is 4.76. The number of aromatic nitrogens is 4. The fourth-order valence-electron chi connectivity index (χ4n) is 2.55. The highest BCUT2D eigenvalue weighted by Crippen LogP contribution is 2.27. The lowest BCUT2D eigenvalue weighted by Crippen LogP contribution is -1.94. The van der Waals surface area contributed by atoms with Gasteiger partial charge in [-0.15, -0.1) is 0 Å². The van der Waals surface area contributed by atoms with E-state index in [2.05, 4.69) is 44.3 Å². The van der Waals surface area contributed by atoms with Crippen LogP contribution in [-0.4, -0.2) is 19.9 Å². The van der Waals surface area contributed by atoms with Crippen molar-refractivity contribution in [3.05, 3.63) is 46.3 Å². The highest BCUT2D eigenvalue weighted by molar-refractivity contribution is 7.18. The number of anilines is 1. The number of H-pyrrole nitrogens is 1. The van der Waals surface area contributed by atoms with Crippen LogP contribution in [0.2, 0.25) is 5.28 Å². The van der Waals surface area contributed by atoms with Crippen molar-refractivity contribution in [2.75, 3.05) is 5.73 Å². The van der Waals surface area contributed by atoms with Crippen molar-refractivity contribution in [3.63, 3.8) is 0 Å². The van der Waals surface area contributed by atoms with Crippen molar-refractivity contribution in [3.8, 4) is 0 Å². The second kappa shape index (κ2) is 5.23. The van der Waals surface area contributed by atoms with E-state index < -0.39 is 0 Å². The number of para-hydroxylation sites is 1. The molecule has 3 N–H and O–H groups in total. The molecule has 0 aliphatic heterocycles. The van der Waals surface area contributed by atoms with Gasteiger partial charge in [0, 0.05) is 23.5 Å². The van der Waals surface area contributed by atoms with E-state index in [1.165, 1.54) is 22.3 Å². The number of rotatable bonds is 3. The van der Waals surface area contributed by atoms with Gasteiger partial charge in [0.2, 0.25) is 5.28 Å². The molecule has 0 amide bonds. The van der Waals surface area contributed by atoms with Gasteiger partial charge in [-0.05, 0) is 29.7 Å². The van der Waals surface area contributed by atoms with Gasteiger partial charge in [-0.1, -0.05) is 29.5 Å². The normalized spacial score (nSPS) is 11.5. The van der Waals surface area contributed by atoms with Crippen LogP contribution in [0.1, 0.15) is 10.6 Å². The van der Waals surface area contributed by atoms with Gasteiger partial charge in [0.15, 0.2) is 10.6 Å². The molecular weight excluding hydrogens is 318 g/mol. The zero-order chi connectivity index (χ0) is 15.1. The fourth-order valence-corrected chi connectivity index (χ4v) is 3.71. The number of aromatic amines is 1. The number of nitrogen functional groups attached to an aromatic ring is 1. The first-order chi connectivity index (χ1) is 10.7. The molecule has 22 heavy (non-hydrogen) atoms. The third-order valence-electron chi connectivity index (χ3n) is 3.59. The molecule has 7 heteroatoms. The molecule has 0 saturated heterocycles. The van der Waals surface area contributed by atoms with Crippen LogP contribution < -0.4 is 5.73 Å². The Morgan fingerprint density at radius 1 is 1.14 bits per heavy atom. The Hall–Kier alpha value is -2.18. The van der Waals surface area contributed by atoms with Gasteiger partial charge < -0.3 is 10.7 Å². The average Bonchev–Trinajstić information content (AvgIpc) is 3.09. The van der Waals surface area contributed by atoms with Crippen LogP contribution >= 0.6 is 22.9 Å². The van der Waals surface area contributed by atoms with Gasteiger partial charge in [0.05, 0.1) is 5.01 Å². The van der Waals surface area contributed by atoms with Crippen LogP contribution in [0.25, 0.3) is 21.3 Å². The number of nitrogens with zero attached hydrogens (tertiary/aromatic N) is 3. The van der Waals surface area contributed by atoms with Crippen molar-refractivity contribution in [1.29, 1.82) is 0 Å². The van der Waals surface area contributed by atoms with E-state index in [0.717, 1.165) is 28.2 Å². The molecular formula is C15H12ClN5S. The minimum absolute atomic E-state index is 0.164. The van der Waals surface area contributed by atoms with Crippen LogP contribution in [0.15, 0.2) is 30.5 Å². The molecule has 0 atom stereocenters. The van der Waals surface area contributed by atoms with Crippen LogP contribution in [0.4, 0.5) is 5.82 Å². The minimum atomic E-state index is 0.164. The van der Waals surface area contributed by atoms with Crippen molar-refractivity contribution in [1.82, 2.24) is 19.9 Å². The SMILES string of the molecule is Nc1nc(Cl)nc2sc(CCc3c[nH]c4ccccc34)nc12. The van der Waals surface area contributed by atoms with E-state index in [9.17, 15) is 0 Å². The van der Waals surface area contributed by atoms with Crippen LogP contribution in [0.5, 0.6) is 0 Å². The van der Waals surface area contributed by atoms with E-state index >= 15 is 0 Å². The highest BCUT2D eigenvalue weighted by Gasteiger charge is 2.11. The Kier molecular flexibility index (Phi) is 3.20. The molecule has 0 unspecified atom stereocenters. The fraction of sp³-hybridized carbons (Fsp3) is 0.133. The predicted molar refractivity (Wildman–Crippen MR) is 90.3 cm³/mol. The predicted octanol–water partition coefficient (Wildman–Crippen LogP) is 3.59. The highest BCUT2D eigenvalue weighted by atomic mass is 35.5. The summed E-state index contributed by atoms with van der Waals surface area (Å²) in [5.74, 6) is 0.338. The number of hydrogen-bond acceptors (Lipinski definition) is 5. The third kappa shape index (κ3) is 2.30. The molecule has 0 bridgehead atoms. The summed E-state index contributed by atoms with van der Waals surface area (Å²) in [5.41, 5.74) is 8.92. The smallest absolute Gasteiger partial charge is 0.225 e. The molecule has 3 heterocycles. The van der Waals surface area contributed by atoms with E-state index in [4.69, 9.17) is 17.3 Å². The van der Waals surface area contributed by atoms with E-state index in [1.807, 2.05) is 6.07 Å². The average molecular weight is 330 g/mol. The molecule has 5 nitrogen and oxygen atoms in total. The number of nitrogens with two attached hydrogens (primary N) is 1. The number of aryl methyl sites for hydroxylation is 2. The van der Waals surface area contributed by atoms with Crippen molar-refractivity contribution >= 4 is 50.0 Å². The zero-order valence-electron chi connectivity index (χ0n) is 11.5. The van der Waals surface area contributed by atoms with Crippen LogP contribution in [0.3, 0.4) is 0 Å². The minimum Gasteiger partial charge on any atom is -0.382 e. The van der Waals surface area contributed by atoms with Crippen molar-refractivity contribution in [2.24, 2.45) is 0 Å². The number of fused-ring (bicyclic) bond motifs is 2. The van der Waals surface area contributed by atoms with E-state index in [0.29, 0.717) is 11.3 Å². The monoisotopic (exact) mass is 329 g/mol. The van der Waals surface area contributed by atoms with Gasteiger partial charge in [-0.2, -0.15) is 4.98 Å². The van der Waals surface area contributed by atoms with Crippen molar-refractivity contribution < 1.29 is 0 Å². The number of hydrogen-bond donors (Lipinski definition) is 2. The van der Waals surface area contributed by atoms with Crippen LogP contribution in [0, 0.1) is 0 Å². The first-order valence-electron chi connectivity index (χ1n) is 6.84. The van der Waals surface area contributed by atoms with E-state index in [1.54, 1.807) is 0 Å². The van der Waals surface area contributed by atoms with Gasteiger partial charge in [-0.3, -0.25) is 0 Å². The standard InChI is InChI=1S/C15H12ClN5S/c16-15-20-13(17)12-14(21-15)22-11(19-12)6-5-8-7-18-10-4-2-1-3-9(8)10/h1-4,7,18H,5-6H2,(H2,17,20,21). The summed E-state index contributed by atoms with van der Waals surface area (Å²) in [6, 6.07) is 8.29. The van der Waals surface area contributed by atoms with Gasteiger partial charge in [-0.25, -0.2) is 9.97 Å². The maximum Gasteiger partial charge on any atom is 0.225 e. The number of benzene rings is 1. The largest absolute Gasteiger partial charge is 0.382 e. The second-order valence-corrected chi connectivity index (χ2v) is 6.40. The lowest BCUT2D eigenvalue weighted by atomic mass is 10.1.